The van der Waals surface area contributed by atoms with Gasteiger partial charge in [-0.05, 0) is 57.7 Å². The third kappa shape index (κ3) is 4.55. The second-order valence-corrected chi connectivity index (χ2v) is 6.32. The van der Waals surface area contributed by atoms with E-state index < -0.39 is 0 Å². The monoisotopic (exact) mass is 252 g/mol. The first-order valence-electron chi connectivity index (χ1n) is 8.36. The van der Waals surface area contributed by atoms with Gasteiger partial charge in [0.25, 0.3) is 0 Å². The Bertz CT molecular complexity index is 205. The zero-order chi connectivity index (χ0) is 12.6. The Balaban J connectivity index is 1.82. The van der Waals surface area contributed by atoms with E-state index in [1.54, 1.807) is 0 Å². The zero-order valence-electron chi connectivity index (χ0n) is 12.3. The largest absolute Gasteiger partial charge is 0.312 e. The minimum Gasteiger partial charge on any atom is -0.312 e. The van der Waals surface area contributed by atoms with E-state index in [9.17, 15) is 0 Å². The Morgan fingerprint density at radius 1 is 1.00 bits per heavy atom. The molecule has 2 fully saturated rings. The minimum atomic E-state index is 0.767. The molecule has 2 heteroatoms. The molecule has 1 saturated carbocycles. The first kappa shape index (κ1) is 14.3. The third-order valence-corrected chi connectivity index (χ3v) is 4.78. The molecule has 106 valence electrons. The number of hydrogen-bond donors (Lipinski definition) is 1. The molecular weight excluding hydrogens is 220 g/mol. The van der Waals surface area contributed by atoms with Crippen LogP contribution in [0.4, 0.5) is 0 Å². The van der Waals surface area contributed by atoms with Crippen molar-refractivity contribution in [1.29, 1.82) is 0 Å². The lowest BCUT2D eigenvalue weighted by atomic mass is 9.83. The van der Waals surface area contributed by atoms with Crippen LogP contribution in [-0.2, 0) is 0 Å². The fraction of sp³-hybridized carbons (Fsp3) is 1.00. The summed E-state index contributed by atoms with van der Waals surface area (Å²) in [7, 11) is 0. The van der Waals surface area contributed by atoms with Crippen LogP contribution in [0.5, 0.6) is 0 Å². The number of rotatable bonds is 6. The first-order chi connectivity index (χ1) is 8.90. The zero-order valence-corrected chi connectivity index (χ0v) is 12.3. The molecule has 2 rings (SSSR count). The summed E-state index contributed by atoms with van der Waals surface area (Å²) in [6, 6.07) is 0.767. The molecule has 1 N–H and O–H groups in total. The molecule has 0 aromatic heterocycles. The molecule has 0 bridgehead atoms. The van der Waals surface area contributed by atoms with E-state index in [2.05, 4.69) is 17.1 Å². The maximum Gasteiger partial charge on any atom is 0.0223 e. The summed E-state index contributed by atoms with van der Waals surface area (Å²) in [6.45, 7) is 7.49. The highest BCUT2D eigenvalue weighted by Gasteiger charge is 2.25. The van der Waals surface area contributed by atoms with Gasteiger partial charge in [-0.3, -0.25) is 0 Å². The lowest BCUT2D eigenvalue weighted by Crippen LogP contribution is -2.47. The SMILES string of the molecule is CCCNC(CN1CCCCC1)C1CCCCC1. The second-order valence-electron chi connectivity index (χ2n) is 6.32. The molecule has 18 heavy (non-hydrogen) atoms. The van der Waals surface area contributed by atoms with Crippen molar-refractivity contribution >= 4 is 0 Å². The van der Waals surface area contributed by atoms with E-state index in [0.29, 0.717) is 0 Å². The standard InChI is InChI=1S/C16H32N2/c1-2-11-17-16(15-9-5-3-6-10-15)14-18-12-7-4-8-13-18/h15-17H,2-14H2,1H3. The third-order valence-electron chi connectivity index (χ3n) is 4.78. The van der Waals surface area contributed by atoms with Gasteiger partial charge in [0, 0.05) is 12.6 Å². The van der Waals surface area contributed by atoms with Crippen LogP contribution in [0, 0.1) is 5.92 Å². The first-order valence-corrected chi connectivity index (χ1v) is 8.36. The van der Waals surface area contributed by atoms with Gasteiger partial charge in [-0.25, -0.2) is 0 Å². The van der Waals surface area contributed by atoms with Gasteiger partial charge in [0.1, 0.15) is 0 Å². The number of likely N-dealkylation sites (tertiary alicyclic amines) is 1. The molecule has 1 atom stereocenters. The highest BCUT2D eigenvalue weighted by molar-refractivity contribution is 4.83. The fourth-order valence-electron chi connectivity index (χ4n) is 3.67. The number of nitrogens with one attached hydrogen (secondary N) is 1. The normalized spacial score (nSPS) is 25.2. The molecule has 1 saturated heterocycles. The molecular formula is C16H32N2. The fourth-order valence-corrected chi connectivity index (χ4v) is 3.67. The Hall–Kier alpha value is -0.0800. The summed E-state index contributed by atoms with van der Waals surface area (Å²) in [5, 5.41) is 3.84. The van der Waals surface area contributed by atoms with Crippen LogP contribution in [-0.4, -0.2) is 37.1 Å². The van der Waals surface area contributed by atoms with E-state index in [0.717, 1.165) is 12.0 Å². The van der Waals surface area contributed by atoms with Crippen molar-refractivity contribution in [2.24, 2.45) is 5.92 Å². The number of hydrogen-bond acceptors (Lipinski definition) is 2. The Labute approximate surface area is 114 Å². The van der Waals surface area contributed by atoms with E-state index >= 15 is 0 Å². The van der Waals surface area contributed by atoms with Crippen molar-refractivity contribution in [1.82, 2.24) is 10.2 Å². The van der Waals surface area contributed by atoms with Gasteiger partial charge in [0.05, 0.1) is 0 Å². The van der Waals surface area contributed by atoms with Gasteiger partial charge in [-0.1, -0.05) is 32.6 Å². The van der Waals surface area contributed by atoms with Crippen LogP contribution >= 0.6 is 0 Å². The maximum atomic E-state index is 3.84. The summed E-state index contributed by atoms with van der Waals surface area (Å²) < 4.78 is 0. The Morgan fingerprint density at radius 3 is 2.33 bits per heavy atom. The Kier molecular flexibility index (Phi) is 6.50. The molecule has 0 aromatic rings. The number of nitrogens with zero attached hydrogens (tertiary/aromatic N) is 1. The summed E-state index contributed by atoms with van der Waals surface area (Å²) in [5.74, 6) is 0.951. The molecule has 0 amide bonds. The molecule has 2 aliphatic rings. The van der Waals surface area contributed by atoms with Gasteiger partial charge in [-0.2, -0.15) is 0 Å². The van der Waals surface area contributed by atoms with Crippen molar-refractivity contribution in [3.8, 4) is 0 Å². The van der Waals surface area contributed by atoms with Crippen LogP contribution < -0.4 is 5.32 Å². The summed E-state index contributed by atoms with van der Waals surface area (Å²) in [4.78, 5) is 2.71. The minimum absolute atomic E-state index is 0.767. The van der Waals surface area contributed by atoms with Gasteiger partial charge < -0.3 is 10.2 Å². The molecule has 0 radical (unpaired) electrons. The van der Waals surface area contributed by atoms with E-state index in [4.69, 9.17) is 0 Å². The van der Waals surface area contributed by atoms with Crippen LogP contribution in [0.15, 0.2) is 0 Å². The molecule has 2 nitrogen and oxygen atoms in total. The molecule has 1 aliphatic carbocycles. The predicted octanol–water partition coefficient (Wildman–Crippen LogP) is 3.42. The van der Waals surface area contributed by atoms with Crippen molar-refractivity contribution in [3.05, 3.63) is 0 Å². The van der Waals surface area contributed by atoms with Crippen LogP contribution in [0.2, 0.25) is 0 Å². The van der Waals surface area contributed by atoms with Gasteiger partial charge in [-0.15, -0.1) is 0 Å². The highest BCUT2D eigenvalue weighted by Crippen LogP contribution is 2.27. The quantitative estimate of drug-likeness (QED) is 0.779. The molecule has 1 heterocycles. The second kappa shape index (κ2) is 8.16. The van der Waals surface area contributed by atoms with Crippen LogP contribution in [0.1, 0.15) is 64.7 Å². The van der Waals surface area contributed by atoms with Gasteiger partial charge in [0.2, 0.25) is 0 Å². The average Bonchev–Trinajstić information content (AvgIpc) is 2.45. The van der Waals surface area contributed by atoms with Crippen molar-refractivity contribution in [2.45, 2.75) is 70.8 Å². The predicted molar refractivity (Wildman–Crippen MR) is 78.9 cm³/mol. The van der Waals surface area contributed by atoms with Gasteiger partial charge >= 0.3 is 0 Å². The smallest absolute Gasteiger partial charge is 0.0223 e. The molecule has 0 aromatic carbocycles. The summed E-state index contributed by atoms with van der Waals surface area (Å²) in [5.41, 5.74) is 0. The van der Waals surface area contributed by atoms with Crippen molar-refractivity contribution < 1.29 is 0 Å². The van der Waals surface area contributed by atoms with E-state index in [-0.39, 0.29) is 0 Å². The summed E-state index contributed by atoms with van der Waals surface area (Å²) in [6.07, 6.45) is 12.9. The number of piperidine rings is 1. The van der Waals surface area contributed by atoms with E-state index in [1.165, 1.54) is 84.0 Å². The van der Waals surface area contributed by atoms with Crippen LogP contribution in [0.25, 0.3) is 0 Å². The molecule has 1 aliphatic heterocycles. The topological polar surface area (TPSA) is 15.3 Å². The van der Waals surface area contributed by atoms with Crippen molar-refractivity contribution in [3.63, 3.8) is 0 Å². The van der Waals surface area contributed by atoms with Crippen LogP contribution in [0.3, 0.4) is 0 Å². The lowest BCUT2D eigenvalue weighted by molar-refractivity contribution is 0.163. The molecule has 1 unspecified atom stereocenters. The lowest BCUT2D eigenvalue weighted by Gasteiger charge is -2.36. The highest BCUT2D eigenvalue weighted by atomic mass is 15.2. The van der Waals surface area contributed by atoms with Gasteiger partial charge in [0.15, 0.2) is 0 Å². The van der Waals surface area contributed by atoms with Crippen molar-refractivity contribution in [2.75, 3.05) is 26.2 Å². The summed E-state index contributed by atoms with van der Waals surface area (Å²) >= 11 is 0. The molecule has 0 spiro atoms. The maximum absolute atomic E-state index is 3.84. The average molecular weight is 252 g/mol. The van der Waals surface area contributed by atoms with E-state index in [1.807, 2.05) is 0 Å². The Morgan fingerprint density at radius 2 is 1.67 bits per heavy atom.